The number of amides is 1. The second-order valence-corrected chi connectivity index (χ2v) is 12.3. The molecule has 198 valence electrons. The first kappa shape index (κ1) is 25.2. The van der Waals surface area contributed by atoms with Crippen LogP contribution >= 0.6 is 11.3 Å². The molecule has 1 amide bonds. The van der Waals surface area contributed by atoms with E-state index in [1.54, 1.807) is 18.4 Å². The van der Waals surface area contributed by atoms with Gasteiger partial charge in [0, 0.05) is 4.88 Å². The Morgan fingerprint density at radius 3 is 2.71 bits per heavy atom. The van der Waals surface area contributed by atoms with Gasteiger partial charge in [-0.15, -0.1) is 11.3 Å². The zero-order valence-corrected chi connectivity index (χ0v) is 23.2. The van der Waals surface area contributed by atoms with E-state index in [0.29, 0.717) is 34.9 Å². The van der Waals surface area contributed by atoms with Crippen LogP contribution in [-0.2, 0) is 34.2 Å². The van der Waals surface area contributed by atoms with Gasteiger partial charge in [-0.1, -0.05) is 43.3 Å². The Morgan fingerprint density at radius 1 is 1.13 bits per heavy atom. The molecule has 1 fully saturated rings. The molecule has 3 aliphatic rings. The van der Waals surface area contributed by atoms with Crippen LogP contribution in [0.1, 0.15) is 76.5 Å². The van der Waals surface area contributed by atoms with Crippen molar-refractivity contribution in [2.75, 3.05) is 19.0 Å². The highest BCUT2D eigenvalue weighted by molar-refractivity contribution is 7.17. The van der Waals surface area contributed by atoms with Crippen LogP contribution in [0.5, 0.6) is 5.75 Å². The van der Waals surface area contributed by atoms with Crippen LogP contribution in [0, 0.1) is 11.8 Å². The number of benzene rings is 2. The molecule has 6 rings (SSSR count). The minimum absolute atomic E-state index is 0.0958. The first-order valence-electron chi connectivity index (χ1n) is 13.8. The summed E-state index contributed by atoms with van der Waals surface area (Å²) in [6, 6.07) is 16.3. The quantitative estimate of drug-likeness (QED) is 0.362. The molecule has 0 aliphatic heterocycles. The molecule has 0 saturated heterocycles. The van der Waals surface area contributed by atoms with Crippen molar-refractivity contribution in [1.82, 2.24) is 0 Å². The smallest absolute Gasteiger partial charge is 0.341 e. The van der Waals surface area contributed by atoms with E-state index in [0.717, 1.165) is 49.0 Å². The van der Waals surface area contributed by atoms with Gasteiger partial charge in [0.05, 0.1) is 25.7 Å². The number of nitrogens with one attached hydrogen (secondary N) is 1. The van der Waals surface area contributed by atoms with Crippen LogP contribution in [-0.4, -0.2) is 25.6 Å². The molecule has 1 aromatic heterocycles. The Bertz CT molecular complexity index is 1380. The number of aryl methyl sites for hydroxylation is 1. The molecule has 4 atom stereocenters. The highest BCUT2D eigenvalue weighted by Gasteiger charge is 2.55. The lowest BCUT2D eigenvalue weighted by Gasteiger charge is -2.49. The Hall–Kier alpha value is -3.12. The molecule has 38 heavy (non-hydrogen) atoms. The molecular formula is C32H35NO4S. The third-order valence-electron chi connectivity index (χ3n) is 9.22. The Labute approximate surface area is 228 Å². The van der Waals surface area contributed by atoms with Gasteiger partial charge in [0.25, 0.3) is 0 Å². The largest absolute Gasteiger partial charge is 0.497 e. The molecule has 0 radical (unpaired) electrons. The molecule has 0 bridgehead atoms. The summed E-state index contributed by atoms with van der Waals surface area (Å²) in [5, 5.41) is 3.74. The summed E-state index contributed by atoms with van der Waals surface area (Å²) >= 11 is 1.59. The number of methoxy groups -OCH3 is 1. The number of fused-ring (bicyclic) bond motifs is 7. The maximum Gasteiger partial charge on any atom is 0.341 e. The van der Waals surface area contributed by atoms with E-state index in [-0.39, 0.29) is 23.7 Å². The average Bonchev–Trinajstić information content (AvgIpc) is 3.42. The molecule has 0 spiro atoms. The zero-order valence-electron chi connectivity index (χ0n) is 22.3. The second kappa shape index (κ2) is 9.88. The number of carbonyl (C=O) groups is 2. The molecule has 1 heterocycles. The third-order valence-corrected chi connectivity index (χ3v) is 10.3. The summed E-state index contributed by atoms with van der Waals surface area (Å²) in [4.78, 5) is 27.6. The number of thiophene rings is 1. The van der Waals surface area contributed by atoms with Gasteiger partial charge < -0.3 is 14.8 Å². The van der Waals surface area contributed by atoms with Crippen molar-refractivity contribution in [2.24, 2.45) is 11.8 Å². The minimum Gasteiger partial charge on any atom is -0.497 e. The zero-order chi connectivity index (χ0) is 26.4. The fraction of sp³-hybridized carbons (Fsp3) is 0.438. The lowest BCUT2D eigenvalue weighted by molar-refractivity contribution is -0.115. The van der Waals surface area contributed by atoms with Crippen molar-refractivity contribution in [3.8, 4) is 5.75 Å². The van der Waals surface area contributed by atoms with E-state index in [1.165, 1.54) is 16.0 Å². The molecule has 2 aromatic carbocycles. The average molecular weight is 530 g/mol. The highest BCUT2D eigenvalue weighted by atomic mass is 32.1. The molecule has 5 nitrogen and oxygen atoms in total. The Kier molecular flexibility index (Phi) is 6.55. The molecule has 3 aromatic rings. The number of esters is 1. The topological polar surface area (TPSA) is 64.6 Å². The monoisotopic (exact) mass is 529 g/mol. The van der Waals surface area contributed by atoms with Gasteiger partial charge in [0.2, 0.25) is 5.91 Å². The summed E-state index contributed by atoms with van der Waals surface area (Å²) in [5.74, 6) is 2.14. The molecule has 1 saturated carbocycles. The summed E-state index contributed by atoms with van der Waals surface area (Å²) in [6.45, 7) is 4.50. The fourth-order valence-corrected chi connectivity index (χ4v) is 8.96. The van der Waals surface area contributed by atoms with Gasteiger partial charge in [-0.3, -0.25) is 4.79 Å². The predicted octanol–water partition coefficient (Wildman–Crippen LogP) is 6.68. The molecule has 1 N–H and O–H groups in total. The first-order valence-corrected chi connectivity index (χ1v) is 14.6. The van der Waals surface area contributed by atoms with E-state index in [4.69, 9.17) is 9.47 Å². The number of hydrogen-bond donors (Lipinski definition) is 1. The van der Waals surface area contributed by atoms with Gasteiger partial charge in [-0.05, 0) is 96.6 Å². The number of ether oxygens (including phenoxy) is 2. The van der Waals surface area contributed by atoms with Gasteiger partial charge in [0.15, 0.2) is 0 Å². The summed E-state index contributed by atoms with van der Waals surface area (Å²) in [6.07, 6.45) is 5.60. The predicted molar refractivity (Wildman–Crippen MR) is 150 cm³/mol. The van der Waals surface area contributed by atoms with Crippen LogP contribution in [0.25, 0.3) is 0 Å². The van der Waals surface area contributed by atoms with Crippen LogP contribution < -0.4 is 10.1 Å². The summed E-state index contributed by atoms with van der Waals surface area (Å²) < 4.78 is 11.0. The fourth-order valence-electron chi connectivity index (χ4n) is 7.56. The van der Waals surface area contributed by atoms with Crippen molar-refractivity contribution < 1.29 is 19.1 Å². The maximum absolute atomic E-state index is 13.4. The lowest BCUT2D eigenvalue weighted by Crippen LogP contribution is -2.43. The van der Waals surface area contributed by atoms with Crippen LogP contribution in [0.4, 0.5) is 5.00 Å². The molecule has 3 aliphatic carbocycles. The molecule has 0 unspecified atom stereocenters. The standard InChI is InChI=1S/C32H35NO4S/c1-4-37-31(35)28-29-26(38-30(28)33-27(34)16-19-8-6-5-7-9-19)18-25-24-12-10-20-17-21(36-3)11-13-22(20)23(24)14-15-32(25,29)2/h5-9,11,13,17,23-25H,4,10,12,14-16,18H2,1-3H3,(H,33,34)/t23-,24-,25-,32-/m1/s1. The minimum atomic E-state index is -0.315. The normalized spacial score (nSPS) is 25.0. The summed E-state index contributed by atoms with van der Waals surface area (Å²) in [5.41, 5.74) is 5.50. The Morgan fingerprint density at radius 2 is 1.95 bits per heavy atom. The third kappa shape index (κ3) is 4.14. The highest BCUT2D eigenvalue weighted by Crippen LogP contribution is 2.63. The van der Waals surface area contributed by atoms with Gasteiger partial charge in [0.1, 0.15) is 10.8 Å². The van der Waals surface area contributed by atoms with Crippen molar-refractivity contribution in [3.63, 3.8) is 0 Å². The van der Waals surface area contributed by atoms with Crippen molar-refractivity contribution >= 4 is 28.2 Å². The van der Waals surface area contributed by atoms with E-state index >= 15 is 0 Å². The molecule has 6 heteroatoms. The SMILES string of the molecule is CCOC(=O)c1c(NC(=O)Cc2ccccc2)sc2c1[C@]1(C)CC[C@@H]3c4ccc(OC)cc4CC[C@H]3[C@H]1C2. The number of hydrogen-bond acceptors (Lipinski definition) is 5. The number of rotatable bonds is 6. The second-order valence-electron chi connectivity index (χ2n) is 11.2. The lowest BCUT2D eigenvalue weighted by atomic mass is 9.54. The van der Waals surface area contributed by atoms with Crippen molar-refractivity contribution in [3.05, 3.63) is 81.2 Å². The van der Waals surface area contributed by atoms with Crippen LogP contribution in [0.3, 0.4) is 0 Å². The van der Waals surface area contributed by atoms with E-state index in [2.05, 4.69) is 30.4 Å². The van der Waals surface area contributed by atoms with E-state index < -0.39 is 0 Å². The maximum atomic E-state index is 13.4. The van der Waals surface area contributed by atoms with Crippen LogP contribution in [0.2, 0.25) is 0 Å². The van der Waals surface area contributed by atoms with Crippen LogP contribution in [0.15, 0.2) is 48.5 Å². The number of carbonyl (C=O) groups excluding carboxylic acids is 2. The van der Waals surface area contributed by atoms with Crippen molar-refractivity contribution in [1.29, 1.82) is 0 Å². The van der Waals surface area contributed by atoms with Gasteiger partial charge in [-0.2, -0.15) is 0 Å². The molecular weight excluding hydrogens is 494 g/mol. The summed E-state index contributed by atoms with van der Waals surface area (Å²) in [7, 11) is 1.73. The van der Waals surface area contributed by atoms with Crippen molar-refractivity contribution in [2.45, 2.75) is 63.7 Å². The van der Waals surface area contributed by atoms with E-state index in [1.807, 2.05) is 37.3 Å². The van der Waals surface area contributed by atoms with Gasteiger partial charge in [-0.25, -0.2) is 4.79 Å². The Balaban J connectivity index is 1.31. The first-order chi connectivity index (χ1) is 18.4. The van der Waals surface area contributed by atoms with E-state index in [9.17, 15) is 9.59 Å². The number of anilines is 1. The van der Waals surface area contributed by atoms with Gasteiger partial charge >= 0.3 is 5.97 Å².